The lowest BCUT2D eigenvalue weighted by molar-refractivity contribution is -0.140. The van der Waals surface area contributed by atoms with Crippen LogP contribution in [-0.4, -0.2) is 55.2 Å². The van der Waals surface area contributed by atoms with Crippen LogP contribution >= 0.6 is 15.9 Å². The summed E-state index contributed by atoms with van der Waals surface area (Å²) in [5.74, 6) is -0.518. The van der Waals surface area contributed by atoms with Crippen molar-refractivity contribution in [1.82, 2.24) is 4.90 Å². The van der Waals surface area contributed by atoms with Gasteiger partial charge < -0.3 is 24.2 Å². The predicted octanol–water partition coefficient (Wildman–Crippen LogP) is 3.68. The Hall–Kier alpha value is -2.84. The summed E-state index contributed by atoms with van der Waals surface area (Å²) in [7, 11) is 1.59. The molecule has 1 amide bonds. The molecule has 8 heteroatoms. The van der Waals surface area contributed by atoms with Gasteiger partial charge in [-0.05, 0) is 42.3 Å². The van der Waals surface area contributed by atoms with Crippen molar-refractivity contribution in [3.63, 3.8) is 0 Å². The molecule has 2 aliphatic rings. The highest BCUT2D eigenvalue weighted by atomic mass is 79.9. The summed E-state index contributed by atoms with van der Waals surface area (Å²) >= 11 is 3.41. The number of methoxy groups -OCH3 is 1. The monoisotopic (exact) mass is 487 g/mol. The summed E-state index contributed by atoms with van der Waals surface area (Å²) in [6, 6.07) is 11.6. The van der Waals surface area contributed by atoms with Gasteiger partial charge in [-0.15, -0.1) is 0 Å². The molecule has 1 unspecified atom stereocenters. The molecule has 7 nitrogen and oxygen atoms in total. The molecule has 2 heterocycles. The molecule has 0 aliphatic carbocycles. The second-order valence-electron chi connectivity index (χ2n) is 7.25. The third kappa shape index (κ3) is 4.18. The van der Waals surface area contributed by atoms with Gasteiger partial charge in [-0.3, -0.25) is 9.59 Å². The first-order valence-corrected chi connectivity index (χ1v) is 10.7. The Balaban J connectivity index is 1.79. The highest BCUT2D eigenvalue weighted by Crippen LogP contribution is 2.41. The Bertz CT molecular complexity index is 1030. The number of benzene rings is 2. The number of amides is 1. The molecule has 0 spiro atoms. The molecule has 1 saturated heterocycles. The zero-order valence-corrected chi connectivity index (χ0v) is 18.6. The number of hydrogen-bond acceptors (Lipinski definition) is 6. The van der Waals surface area contributed by atoms with Crippen molar-refractivity contribution in [2.75, 3.05) is 33.5 Å². The Labute approximate surface area is 188 Å². The normalized spacial score (nSPS) is 19.7. The van der Waals surface area contributed by atoms with E-state index in [1.807, 2.05) is 24.3 Å². The molecular weight excluding hydrogens is 466 g/mol. The molecule has 0 bridgehead atoms. The predicted molar refractivity (Wildman–Crippen MR) is 117 cm³/mol. The molecule has 0 radical (unpaired) electrons. The maximum atomic E-state index is 13.0. The van der Waals surface area contributed by atoms with Crippen LogP contribution in [0.25, 0.3) is 5.76 Å². The largest absolute Gasteiger partial charge is 0.507 e. The van der Waals surface area contributed by atoms with Crippen LogP contribution in [0.15, 0.2) is 52.5 Å². The lowest BCUT2D eigenvalue weighted by Gasteiger charge is -2.25. The first kappa shape index (κ1) is 21.4. The Morgan fingerprint density at radius 2 is 1.84 bits per heavy atom. The summed E-state index contributed by atoms with van der Waals surface area (Å²) < 4.78 is 17.1. The van der Waals surface area contributed by atoms with Gasteiger partial charge >= 0.3 is 0 Å². The van der Waals surface area contributed by atoms with Crippen molar-refractivity contribution in [2.24, 2.45) is 0 Å². The van der Waals surface area contributed by atoms with Crippen LogP contribution < -0.4 is 9.47 Å². The number of aliphatic hydroxyl groups is 1. The fourth-order valence-corrected chi connectivity index (χ4v) is 4.09. The van der Waals surface area contributed by atoms with E-state index in [1.165, 1.54) is 4.90 Å². The van der Waals surface area contributed by atoms with E-state index in [9.17, 15) is 14.7 Å². The average molecular weight is 488 g/mol. The van der Waals surface area contributed by atoms with Crippen molar-refractivity contribution in [3.8, 4) is 11.5 Å². The Morgan fingerprint density at radius 3 is 2.55 bits per heavy atom. The van der Waals surface area contributed by atoms with Crippen LogP contribution in [0.5, 0.6) is 11.5 Å². The number of carbonyl (C=O) groups is 2. The van der Waals surface area contributed by atoms with Gasteiger partial charge in [-0.25, -0.2) is 0 Å². The molecule has 162 valence electrons. The molecule has 4 rings (SSSR count). The second-order valence-corrected chi connectivity index (χ2v) is 8.16. The fraction of sp³-hybridized carbons (Fsp3) is 0.304. The van der Waals surface area contributed by atoms with Gasteiger partial charge in [0, 0.05) is 30.3 Å². The molecule has 2 aromatic carbocycles. The third-order valence-corrected chi connectivity index (χ3v) is 5.82. The van der Waals surface area contributed by atoms with Gasteiger partial charge in [0.05, 0.1) is 11.6 Å². The van der Waals surface area contributed by atoms with Crippen molar-refractivity contribution in [3.05, 3.63) is 63.6 Å². The summed E-state index contributed by atoms with van der Waals surface area (Å²) in [6.45, 7) is 1.64. The SMILES string of the molecule is COCCCN1C(=O)C(=O)C(=C(O)c2ccc3c(c2)OCCO3)C1c1ccc(Br)cc1. The number of ether oxygens (including phenoxy) is 3. The van der Waals surface area contributed by atoms with Crippen molar-refractivity contribution in [2.45, 2.75) is 12.5 Å². The van der Waals surface area contributed by atoms with Gasteiger partial charge in [-0.1, -0.05) is 28.1 Å². The zero-order valence-electron chi connectivity index (χ0n) is 17.0. The first-order chi connectivity index (χ1) is 15.0. The van der Waals surface area contributed by atoms with Crippen molar-refractivity contribution < 1.29 is 28.9 Å². The summed E-state index contributed by atoms with van der Waals surface area (Å²) in [4.78, 5) is 27.4. The van der Waals surface area contributed by atoms with Crippen LogP contribution in [0, 0.1) is 0 Å². The maximum Gasteiger partial charge on any atom is 0.295 e. The molecule has 1 atom stereocenters. The molecular formula is C23H22BrNO6. The van der Waals surface area contributed by atoms with E-state index < -0.39 is 17.7 Å². The molecule has 2 aromatic rings. The summed E-state index contributed by atoms with van der Waals surface area (Å²) in [5.41, 5.74) is 1.18. The van der Waals surface area contributed by atoms with E-state index in [2.05, 4.69) is 15.9 Å². The van der Waals surface area contributed by atoms with Crippen molar-refractivity contribution in [1.29, 1.82) is 0 Å². The highest BCUT2D eigenvalue weighted by molar-refractivity contribution is 9.10. The Morgan fingerprint density at radius 1 is 1.13 bits per heavy atom. The van der Waals surface area contributed by atoms with Crippen LogP contribution in [0.3, 0.4) is 0 Å². The molecule has 31 heavy (non-hydrogen) atoms. The number of hydrogen-bond donors (Lipinski definition) is 1. The zero-order chi connectivity index (χ0) is 22.0. The van der Waals surface area contributed by atoms with E-state index in [0.717, 1.165) is 10.0 Å². The van der Waals surface area contributed by atoms with Gasteiger partial charge in [0.15, 0.2) is 11.5 Å². The average Bonchev–Trinajstić information content (AvgIpc) is 3.04. The number of nitrogens with zero attached hydrogens (tertiary/aromatic N) is 1. The number of rotatable bonds is 6. The van der Waals surface area contributed by atoms with Crippen LogP contribution in [0.4, 0.5) is 0 Å². The Kier molecular flexibility index (Phi) is 6.29. The van der Waals surface area contributed by atoms with E-state index >= 15 is 0 Å². The fourth-order valence-electron chi connectivity index (χ4n) is 3.83. The van der Waals surface area contributed by atoms with Gasteiger partial charge in [0.25, 0.3) is 11.7 Å². The highest BCUT2D eigenvalue weighted by Gasteiger charge is 2.45. The first-order valence-electron chi connectivity index (χ1n) is 9.94. The van der Waals surface area contributed by atoms with E-state index in [1.54, 1.807) is 25.3 Å². The van der Waals surface area contributed by atoms with E-state index in [-0.39, 0.29) is 11.3 Å². The number of fused-ring (bicyclic) bond motifs is 1. The minimum absolute atomic E-state index is 0.0569. The molecule has 1 N–H and O–H groups in total. The number of Topliss-reactive ketones (excluding diaryl/α,β-unsaturated/α-hetero) is 1. The summed E-state index contributed by atoms with van der Waals surface area (Å²) in [5, 5.41) is 11.1. The molecule has 0 aromatic heterocycles. The number of likely N-dealkylation sites (tertiary alicyclic amines) is 1. The second kappa shape index (κ2) is 9.11. The van der Waals surface area contributed by atoms with E-state index in [4.69, 9.17) is 14.2 Å². The smallest absolute Gasteiger partial charge is 0.295 e. The lowest BCUT2D eigenvalue weighted by atomic mass is 9.95. The lowest BCUT2D eigenvalue weighted by Crippen LogP contribution is -2.31. The maximum absolute atomic E-state index is 13.0. The number of halogens is 1. The summed E-state index contributed by atoms with van der Waals surface area (Å²) in [6.07, 6.45) is 0.570. The van der Waals surface area contributed by atoms with Crippen LogP contribution in [0.1, 0.15) is 23.6 Å². The molecule has 0 saturated carbocycles. The number of carbonyl (C=O) groups excluding carboxylic acids is 2. The quantitative estimate of drug-likeness (QED) is 0.289. The number of aliphatic hydroxyl groups excluding tert-OH is 1. The van der Waals surface area contributed by atoms with Crippen LogP contribution in [0.2, 0.25) is 0 Å². The third-order valence-electron chi connectivity index (χ3n) is 5.29. The number of ketones is 1. The standard InChI is InChI=1S/C23H22BrNO6/c1-29-10-2-9-25-20(14-3-6-16(24)7-4-14)19(22(27)23(25)28)21(26)15-5-8-17-18(13-15)31-12-11-30-17/h3-8,13,20,26H,2,9-12H2,1H3. The minimum atomic E-state index is -0.710. The van der Waals surface area contributed by atoms with Crippen LogP contribution in [-0.2, 0) is 14.3 Å². The minimum Gasteiger partial charge on any atom is -0.507 e. The topological polar surface area (TPSA) is 85.3 Å². The van der Waals surface area contributed by atoms with Crippen molar-refractivity contribution >= 4 is 33.4 Å². The van der Waals surface area contributed by atoms with Gasteiger partial charge in [-0.2, -0.15) is 0 Å². The molecule has 2 aliphatic heterocycles. The molecule has 1 fully saturated rings. The van der Waals surface area contributed by atoms with Gasteiger partial charge in [0.2, 0.25) is 0 Å². The van der Waals surface area contributed by atoms with E-state index in [0.29, 0.717) is 49.8 Å². The van der Waals surface area contributed by atoms with Gasteiger partial charge in [0.1, 0.15) is 19.0 Å².